The monoisotopic (exact) mass is 622 g/mol. The molecule has 49 heavy (non-hydrogen) atoms. The van der Waals surface area contributed by atoms with Crippen molar-refractivity contribution in [3.8, 4) is 16.8 Å². The molecule has 0 fully saturated rings. The number of para-hydroxylation sites is 2. The van der Waals surface area contributed by atoms with Gasteiger partial charge in [0.2, 0.25) is 0 Å². The second-order valence-electron chi connectivity index (χ2n) is 13.3. The van der Waals surface area contributed by atoms with Gasteiger partial charge in [-0.25, -0.2) is 0 Å². The summed E-state index contributed by atoms with van der Waals surface area (Å²) in [5.41, 5.74) is 11.5. The van der Waals surface area contributed by atoms with Gasteiger partial charge in [-0.1, -0.05) is 109 Å². The standard InChI is InChI=1S/C46H26N2O/c1-2-13-30-27(10-1)22-25-41-43(30)44-31(16-9-21-40(44)49-41)28-11-7-12-29(26-28)47-38-20-8-17-34-32-14-3-5-18-36(32)48-37-19-6-4-15-33(37)35-23-24-39(47)45(42(34)38)46(35)48/h1-26H. The van der Waals surface area contributed by atoms with E-state index in [9.17, 15) is 0 Å². The summed E-state index contributed by atoms with van der Waals surface area (Å²) in [6.07, 6.45) is 0. The van der Waals surface area contributed by atoms with E-state index in [0.29, 0.717) is 0 Å². The van der Waals surface area contributed by atoms with Gasteiger partial charge in [0, 0.05) is 43.4 Å². The number of furan rings is 1. The molecule has 3 nitrogen and oxygen atoms in total. The lowest BCUT2D eigenvalue weighted by Crippen LogP contribution is -1.95. The van der Waals surface area contributed by atoms with Crippen molar-refractivity contribution in [1.82, 2.24) is 8.97 Å². The van der Waals surface area contributed by atoms with Gasteiger partial charge in [0.15, 0.2) is 0 Å². The predicted molar refractivity (Wildman–Crippen MR) is 206 cm³/mol. The van der Waals surface area contributed by atoms with Crippen LogP contribution in [0.5, 0.6) is 0 Å². The minimum atomic E-state index is 0.909. The van der Waals surface area contributed by atoms with Crippen LogP contribution in [-0.2, 0) is 0 Å². The van der Waals surface area contributed by atoms with Crippen LogP contribution >= 0.6 is 0 Å². The topological polar surface area (TPSA) is 22.5 Å². The van der Waals surface area contributed by atoms with E-state index >= 15 is 0 Å². The van der Waals surface area contributed by atoms with Crippen molar-refractivity contribution in [2.24, 2.45) is 0 Å². The first-order valence-electron chi connectivity index (χ1n) is 16.9. The molecule has 226 valence electrons. The Morgan fingerprint density at radius 3 is 1.94 bits per heavy atom. The first kappa shape index (κ1) is 25.5. The van der Waals surface area contributed by atoms with Crippen LogP contribution in [0.3, 0.4) is 0 Å². The molecule has 0 unspecified atom stereocenters. The van der Waals surface area contributed by atoms with Gasteiger partial charge in [-0.3, -0.25) is 0 Å². The summed E-state index contributed by atoms with van der Waals surface area (Å²) in [4.78, 5) is 0. The zero-order valence-corrected chi connectivity index (χ0v) is 26.3. The SMILES string of the molecule is c1cc(-c2cccc3oc4ccc5ccccc5c4c23)cc(-n2c3cccc4c5ccccc5n5c6ccccc6c6ccc2c(c43)c65)c1. The highest BCUT2D eigenvalue weighted by molar-refractivity contribution is 6.33. The number of rotatable bonds is 2. The summed E-state index contributed by atoms with van der Waals surface area (Å²) in [5.74, 6) is 0. The summed E-state index contributed by atoms with van der Waals surface area (Å²) >= 11 is 0. The fourth-order valence-electron chi connectivity index (χ4n) is 8.89. The zero-order chi connectivity index (χ0) is 31.8. The number of fused-ring (bicyclic) bond motifs is 11. The molecule has 0 radical (unpaired) electrons. The molecular weight excluding hydrogens is 597 g/mol. The van der Waals surface area contributed by atoms with Crippen molar-refractivity contribution in [2.75, 3.05) is 0 Å². The smallest absolute Gasteiger partial charge is 0.136 e. The van der Waals surface area contributed by atoms with Crippen molar-refractivity contribution in [3.63, 3.8) is 0 Å². The van der Waals surface area contributed by atoms with Crippen LogP contribution < -0.4 is 0 Å². The van der Waals surface area contributed by atoms with Gasteiger partial charge in [-0.05, 0) is 75.8 Å². The van der Waals surface area contributed by atoms with E-state index in [1.807, 2.05) is 0 Å². The maximum absolute atomic E-state index is 6.46. The summed E-state index contributed by atoms with van der Waals surface area (Å²) < 4.78 is 11.4. The maximum Gasteiger partial charge on any atom is 0.136 e. The van der Waals surface area contributed by atoms with Crippen LogP contribution in [0.4, 0.5) is 0 Å². The normalized spacial score (nSPS) is 12.5. The molecule has 12 aromatic rings. The van der Waals surface area contributed by atoms with Gasteiger partial charge in [0.25, 0.3) is 0 Å². The fourth-order valence-corrected chi connectivity index (χ4v) is 8.89. The summed E-state index contributed by atoms with van der Waals surface area (Å²) in [6, 6.07) is 57.5. The third-order valence-electron chi connectivity index (χ3n) is 10.8. The maximum atomic E-state index is 6.46. The summed E-state index contributed by atoms with van der Waals surface area (Å²) in [5, 5.41) is 12.5. The lowest BCUT2D eigenvalue weighted by molar-refractivity contribution is 0.669. The molecule has 4 heterocycles. The Kier molecular flexibility index (Phi) is 4.72. The second kappa shape index (κ2) is 9.06. The van der Waals surface area contributed by atoms with Crippen molar-refractivity contribution in [3.05, 3.63) is 158 Å². The first-order valence-corrected chi connectivity index (χ1v) is 16.9. The summed E-state index contributed by atoms with van der Waals surface area (Å²) in [7, 11) is 0. The van der Waals surface area contributed by atoms with Gasteiger partial charge in [0.05, 0.1) is 27.6 Å². The van der Waals surface area contributed by atoms with Crippen molar-refractivity contribution >= 4 is 92.6 Å². The van der Waals surface area contributed by atoms with Gasteiger partial charge in [0.1, 0.15) is 11.2 Å². The lowest BCUT2D eigenvalue weighted by atomic mass is 9.96. The van der Waals surface area contributed by atoms with Crippen LogP contribution in [0.15, 0.2) is 162 Å². The highest BCUT2D eigenvalue weighted by Gasteiger charge is 2.23. The van der Waals surface area contributed by atoms with E-state index in [0.717, 1.165) is 27.8 Å². The Morgan fingerprint density at radius 1 is 0.388 bits per heavy atom. The van der Waals surface area contributed by atoms with E-state index in [-0.39, 0.29) is 0 Å². The van der Waals surface area contributed by atoms with E-state index in [4.69, 9.17) is 4.42 Å². The van der Waals surface area contributed by atoms with Gasteiger partial charge in [-0.2, -0.15) is 0 Å². The zero-order valence-electron chi connectivity index (χ0n) is 26.3. The average Bonchev–Trinajstić information content (AvgIpc) is 3.80. The molecule has 0 aliphatic heterocycles. The van der Waals surface area contributed by atoms with Crippen molar-refractivity contribution in [2.45, 2.75) is 0 Å². The van der Waals surface area contributed by atoms with E-state index in [2.05, 4.69) is 167 Å². The second-order valence-corrected chi connectivity index (χ2v) is 13.3. The van der Waals surface area contributed by atoms with Crippen molar-refractivity contribution in [1.29, 1.82) is 0 Å². The quantitative estimate of drug-likeness (QED) is 0.188. The fraction of sp³-hybridized carbons (Fsp3) is 0. The van der Waals surface area contributed by atoms with E-state index in [1.165, 1.54) is 81.6 Å². The molecule has 3 heteroatoms. The minimum absolute atomic E-state index is 0.909. The highest BCUT2D eigenvalue weighted by atomic mass is 16.3. The Bertz CT molecular complexity index is 3340. The van der Waals surface area contributed by atoms with E-state index in [1.54, 1.807) is 0 Å². The first-order chi connectivity index (χ1) is 24.3. The van der Waals surface area contributed by atoms with Crippen LogP contribution in [0, 0.1) is 0 Å². The molecule has 0 bridgehead atoms. The predicted octanol–water partition coefficient (Wildman–Crippen LogP) is 12.7. The van der Waals surface area contributed by atoms with Gasteiger partial charge >= 0.3 is 0 Å². The molecule has 0 aliphatic rings. The molecule has 0 atom stereocenters. The van der Waals surface area contributed by atoms with Crippen LogP contribution in [0.1, 0.15) is 0 Å². The van der Waals surface area contributed by atoms with Crippen LogP contribution in [0.25, 0.3) is 109 Å². The number of aromatic nitrogens is 2. The van der Waals surface area contributed by atoms with Gasteiger partial charge < -0.3 is 13.4 Å². The number of nitrogens with zero attached hydrogens (tertiary/aromatic N) is 2. The number of hydrogen-bond donors (Lipinski definition) is 0. The Labute approximate surface area is 279 Å². The average molecular weight is 623 g/mol. The molecule has 0 saturated heterocycles. The number of benzene rings is 8. The highest BCUT2D eigenvalue weighted by Crippen LogP contribution is 2.46. The minimum Gasteiger partial charge on any atom is -0.456 e. The Hall–Kier alpha value is -6.58. The molecule has 0 amide bonds. The Balaban J connectivity index is 1.21. The number of hydrogen-bond acceptors (Lipinski definition) is 1. The van der Waals surface area contributed by atoms with Crippen LogP contribution in [0.2, 0.25) is 0 Å². The molecule has 0 saturated carbocycles. The van der Waals surface area contributed by atoms with E-state index < -0.39 is 0 Å². The molecular formula is C46H26N2O. The Morgan fingerprint density at radius 2 is 1.06 bits per heavy atom. The summed E-state index contributed by atoms with van der Waals surface area (Å²) in [6.45, 7) is 0. The van der Waals surface area contributed by atoms with Crippen LogP contribution in [-0.4, -0.2) is 8.97 Å². The molecule has 8 aromatic carbocycles. The largest absolute Gasteiger partial charge is 0.456 e. The third kappa shape index (κ3) is 3.17. The molecule has 0 aliphatic carbocycles. The van der Waals surface area contributed by atoms with Crippen molar-refractivity contribution < 1.29 is 4.42 Å². The molecule has 12 rings (SSSR count). The molecule has 0 spiro atoms. The van der Waals surface area contributed by atoms with Gasteiger partial charge in [-0.15, -0.1) is 0 Å². The molecule has 0 N–H and O–H groups in total. The third-order valence-corrected chi connectivity index (χ3v) is 10.8. The lowest BCUT2D eigenvalue weighted by Gasteiger charge is -2.12. The molecule has 4 aromatic heterocycles.